The first kappa shape index (κ1) is 11.8. The van der Waals surface area contributed by atoms with Crippen molar-refractivity contribution in [2.45, 2.75) is 19.3 Å². The van der Waals surface area contributed by atoms with Gasteiger partial charge in [-0.2, -0.15) is 0 Å². The molecule has 2 heteroatoms. The third-order valence-electron chi connectivity index (χ3n) is 2.89. The zero-order chi connectivity index (χ0) is 12.1. The van der Waals surface area contributed by atoms with E-state index in [1.165, 1.54) is 5.56 Å². The van der Waals surface area contributed by atoms with E-state index in [1.54, 1.807) is 0 Å². The number of hydrogen-bond donors (Lipinski definition) is 1. The molecule has 0 aliphatic rings. The van der Waals surface area contributed by atoms with Gasteiger partial charge in [0.2, 0.25) is 0 Å². The van der Waals surface area contributed by atoms with Crippen LogP contribution in [-0.2, 0) is 6.42 Å². The van der Waals surface area contributed by atoms with Crippen LogP contribution in [-0.4, -0.2) is 16.7 Å². The summed E-state index contributed by atoms with van der Waals surface area (Å²) in [5.41, 5.74) is 3.22. The van der Waals surface area contributed by atoms with E-state index in [0.717, 1.165) is 17.8 Å². The molecule has 1 aromatic carbocycles. The van der Waals surface area contributed by atoms with Crippen LogP contribution in [0.15, 0.2) is 48.5 Å². The Hall–Kier alpha value is -1.67. The predicted octanol–water partition coefficient (Wildman–Crippen LogP) is 2.71. The minimum Gasteiger partial charge on any atom is -0.396 e. The van der Waals surface area contributed by atoms with Gasteiger partial charge in [-0.3, -0.25) is 4.98 Å². The van der Waals surface area contributed by atoms with Gasteiger partial charge < -0.3 is 5.11 Å². The molecule has 1 atom stereocenters. The van der Waals surface area contributed by atoms with Gasteiger partial charge in [-0.15, -0.1) is 0 Å². The maximum atomic E-state index is 9.48. The number of aliphatic hydroxyl groups excluding tert-OH is 1. The SMILES string of the molecule is Cc1cccc(CC(CO)c2ccccc2)n1. The molecule has 0 aliphatic heterocycles. The summed E-state index contributed by atoms with van der Waals surface area (Å²) in [5.74, 6) is 0.130. The van der Waals surface area contributed by atoms with Crippen LogP contribution in [0.2, 0.25) is 0 Å². The molecule has 0 spiro atoms. The number of rotatable bonds is 4. The fourth-order valence-corrected chi connectivity index (χ4v) is 1.98. The van der Waals surface area contributed by atoms with Gasteiger partial charge in [0.25, 0.3) is 0 Å². The Morgan fingerprint density at radius 3 is 2.47 bits per heavy atom. The van der Waals surface area contributed by atoms with E-state index in [2.05, 4.69) is 17.1 Å². The van der Waals surface area contributed by atoms with E-state index in [1.807, 2.05) is 43.3 Å². The van der Waals surface area contributed by atoms with Crippen LogP contribution in [0, 0.1) is 6.92 Å². The lowest BCUT2D eigenvalue weighted by Crippen LogP contribution is -2.09. The van der Waals surface area contributed by atoms with Crippen molar-refractivity contribution in [3.05, 3.63) is 65.5 Å². The Bertz CT molecular complexity index is 467. The lowest BCUT2D eigenvalue weighted by molar-refractivity contribution is 0.264. The summed E-state index contributed by atoms with van der Waals surface area (Å²) < 4.78 is 0. The lowest BCUT2D eigenvalue weighted by Gasteiger charge is -2.14. The average Bonchev–Trinajstić information content (AvgIpc) is 2.37. The molecule has 0 amide bonds. The van der Waals surface area contributed by atoms with Gasteiger partial charge in [0.1, 0.15) is 0 Å². The van der Waals surface area contributed by atoms with Crippen LogP contribution in [0.5, 0.6) is 0 Å². The van der Waals surface area contributed by atoms with E-state index < -0.39 is 0 Å². The number of nitrogens with zero attached hydrogens (tertiary/aromatic N) is 1. The lowest BCUT2D eigenvalue weighted by atomic mass is 9.95. The highest BCUT2D eigenvalue weighted by Crippen LogP contribution is 2.19. The number of hydrogen-bond acceptors (Lipinski definition) is 2. The first-order chi connectivity index (χ1) is 8.29. The number of aryl methyl sites for hydroxylation is 1. The minimum atomic E-state index is 0.130. The first-order valence-electron chi connectivity index (χ1n) is 5.88. The second kappa shape index (κ2) is 5.60. The molecule has 1 unspecified atom stereocenters. The van der Waals surface area contributed by atoms with E-state index in [4.69, 9.17) is 0 Å². The highest BCUT2D eigenvalue weighted by atomic mass is 16.3. The van der Waals surface area contributed by atoms with Crippen molar-refractivity contribution in [2.75, 3.05) is 6.61 Å². The fraction of sp³-hybridized carbons (Fsp3) is 0.267. The molecule has 0 bridgehead atoms. The Labute approximate surface area is 102 Å². The van der Waals surface area contributed by atoms with Crippen LogP contribution in [0.3, 0.4) is 0 Å². The van der Waals surface area contributed by atoms with Crippen LogP contribution < -0.4 is 0 Å². The van der Waals surface area contributed by atoms with Crippen molar-refractivity contribution >= 4 is 0 Å². The van der Waals surface area contributed by atoms with Crippen LogP contribution in [0.25, 0.3) is 0 Å². The van der Waals surface area contributed by atoms with Gasteiger partial charge in [0, 0.05) is 17.3 Å². The molecule has 0 saturated carbocycles. The standard InChI is InChI=1S/C15H17NO/c1-12-6-5-9-15(16-12)10-14(11-17)13-7-3-2-4-8-13/h2-9,14,17H,10-11H2,1H3. The summed E-state index contributed by atoms with van der Waals surface area (Å²) >= 11 is 0. The predicted molar refractivity (Wildman–Crippen MR) is 68.9 cm³/mol. The molecule has 0 fully saturated rings. The molecule has 17 heavy (non-hydrogen) atoms. The summed E-state index contributed by atoms with van der Waals surface area (Å²) in [6.45, 7) is 2.14. The molecule has 2 nitrogen and oxygen atoms in total. The topological polar surface area (TPSA) is 33.1 Å². The van der Waals surface area contributed by atoms with Crippen LogP contribution in [0.1, 0.15) is 22.9 Å². The quantitative estimate of drug-likeness (QED) is 0.871. The molecular weight excluding hydrogens is 210 g/mol. The number of benzene rings is 1. The van der Waals surface area contributed by atoms with Gasteiger partial charge in [-0.05, 0) is 31.0 Å². The highest BCUT2D eigenvalue weighted by molar-refractivity contribution is 5.22. The Kier molecular flexibility index (Phi) is 3.89. The van der Waals surface area contributed by atoms with Crippen molar-refractivity contribution in [3.63, 3.8) is 0 Å². The molecular formula is C15H17NO. The molecule has 1 heterocycles. The molecule has 0 saturated heterocycles. The summed E-state index contributed by atoms with van der Waals surface area (Å²) in [7, 11) is 0. The highest BCUT2D eigenvalue weighted by Gasteiger charge is 2.11. The summed E-state index contributed by atoms with van der Waals surface area (Å²) in [6, 6.07) is 16.1. The molecule has 2 rings (SSSR count). The summed E-state index contributed by atoms with van der Waals surface area (Å²) in [6.07, 6.45) is 0.780. The Balaban J connectivity index is 2.16. The number of aliphatic hydroxyl groups is 1. The van der Waals surface area contributed by atoms with E-state index in [-0.39, 0.29) is 12.5 Å². The van der Waals surface area contributed by atoms with E-state index in [9.17, 15) is 5.11 Å². The Morgan fingerprint density at radius 1 is 1.06 bits per heavy atom. The van der Waals surface area contributed by atoms with Crippen LogP contribution in [0.4, 0.5) is 0 Å². The van der Waals surface area contributed by atoms with Gasteiger partial charge in [0.15, 0.2) is 0 Å². The summed E-state index contributed by atoms with van der Waals surface area (Å²) in [5, 5.41) is 9.48. The molecule has 0 aliphatic carbocycles. The van der Waals surface area contributed by atoms with Gasteiger partial charge in [-0.1, -0.05) is 36.4 Å². The smallest absolute Gasteiger partial charge is 0.0503 e. The molecule has 2 aromatic rings. The number of aromatic nitrogens is 1. The number of pyridine rings is 1. The largest absolute Gasteiger partial charge is 0.396 e. The van der Waals surface area contributed by atoms with E-state index >= 15 is 0 Å². The van der Waals surface area contributed by atoms with Gasteiger partial charge in [-0.25, -0.2) is 0 Å². The monoisotopic (exact) mass is 227 g/mol. The van der Waals surface area contributed by atoms with Gasteiger partial charge >= 0.3 is 0 Å². The Morgan fingerprint density at radius 2 is 1.82 bits per heavy atom. The maximum Gasteiger partial charge on any atom is 0.0503 e. The normalized spacial score (nSPS) is 12.4. The average molecular weight is 227 g/mol. The third-order valence-corrected chi connectivity index (χ3v) is 2.89. The van der Waals surface area contributed by atoms with Gasteiger partial charge in [0.05, 0.1) is 6.61 Å². The molecule has 1 N–H and O–H groups in total. The second-order valence-electron chi connectivity index (χ2n) is 4.26. The zero-order valence-corrected chi connectivity index (χ0v) is 10.0. The van der Waals surface area contributed by atoms with Crippen molar-refractivity contribution < 1.29 is 5.11 Å². The minimum absolute atomic E-state index is 0.130. The maximum absolute atomic E-state index is 9.48. The molecule has 88 valence electrons. The van der Waals surface area contributed by atoms with E-state index in [0.29, 0.717) is 0 Å². The van der Waals surface area contributed by atoms with Crippen molar-refractivity contribution in [1.82, 2.24) is 4.98 Å². The van der Waals surface area contributed by atoms with Crippen molar-refractivity contribution in [1.29, 1.82) is 0 Å². The zero-order valence-electron chi connectivity index (χ0n) is 10.0. The molecule has 0 radical (unpaired) electrons. The van der Waals surface area contributed by atoms with Crippen LogP contribution >= 0.6 is 0 Å². The van der Waals surface area contributed by atoms with Crippen molar-refractivity contribution in [3.8, 4) is 0 Å². The fourth-order valence-electron chi connectivity index (χ4n) is 1.98. The second-order valence-corrected chi connectivity index (χ2v) is 4.26. The molecule has 1 aromatic heterocycles. The third kappa shape index (κ3) is 3.14. The summed E-state index contributed by atoms with van der Waals surface area (Å²) in [4.78, 5) is 4.48. The first-order valence-corrected chi connectivity index (χ1v) is 5.88. The van der Waals surface area contributed by atoms with Crippen molar-refractivity contribution in [2.24, 2.45) is 0 Å².